The largest absolute Gasteiger partial charge is 1.00 e. The average Bonchev–Trinajstić information content (AvgIpc) is 3.66. The van der Waals surface area contributed by atoms with Crippen molar-refractivity contribution in [2.45, 2.75) is 137 Å². The summed E-state index contributed by atoms with van der Waals surface area (Å²) in [7, 11) is -3.01. The number of rotatable bonds is 7. The minimum atomic E-state index is -1.58. The van der Waals surface area contributed by atoms with E-state index in [1.54, 1.807) is 11.1 Å². The van der Waals surface area contributed by atoms with Gasteiger partial charge in [-0.15, -0.1) is 13.2 Å². The molecule has 0 bridgehead atoms. The normalized spacial score (nSPS) is 21.3. The van der Waals surface area contributed by atoms with Crippen LogP contribution < -0.4 is 18.9 Å². The standard InChI is InChI=1S/C19H28Si.C11H19ClSi.C8H14.CH3.Li/c1-8-9-17-10-11-18(12-17)20(6,7)19-15(4)13(2)14(3)16(19)5;1-7-8(2)10(4)11(9(7)3)13(5,6)12;1-2-5-8-6-3-4-7-8;;/h8,10-12,18-19H,1,9H2,2-7H3;11H,1-6H3;2,8H,1,3-7H2;1H3;/q;;;-1;+1. The van der Waals surface area contributed by atoms with Gasteiger partial charge >= 0.3 is 18.9 Å². The van der Waals surface area contributed by atoms with E-state index in [9.17, 15) is 0 Å². The average molecular weight is 632 g/mol. The molecule has 4 aliphatic carbocycles. The molecule has 0 saturated heterocycles. The predicted molar refractivity (Wildman–Crippen MR) is 201 cm³/mol. The molecule has 0 spiro atoms. The number of halogens is 1. The fourth-order valence-electron chi connectivity index (χ4n) is 7.85. The van der Waals surface area contributed by atoms with Crippen LogP contribution in [0.3, 0.4) is 0 Å². The van der Waals surface area contributed by atoms with E-state index in [-0.39, 0.29) is 26.3 Å². The molecular formula is C39H64ClLiSi2. The minimum Gasteiger partial charge on any atom is -0.358 e. The van der Waals surface area contributed by atoms with Crippen LogP contribution in [0.5, 0.6) is 0 Å². The Morgan fingerprint density at radius 1 is 0.744 bits per heavy atom. The Morgan fingerprint density at radius 3 is 1.51 bits per heavy atom. The summed E-state index contributed by atoms with van der Waals surface area (Å²) >= 11 is 6.53. The Labute approximate surface area is 287 Å². The number of hydrogen-bond acceptors (Lipinski definition) is 0. The van der Waals surface area contributed by atoms with Gasteiger partial charge in [-0.3, -0.25) is 0 Å². The Balaban J connectivity index is 0.000000661. The van der Waals surface area contributed by atoms with E-state index < -0.39 is 15.5 Å². The van der Waals surface area contributed by atoms with Gasteiger partial charge in [-0.1, -0.05) is 105 Å². The Morgan fingerprint density at radius 2 is 1.16 bits per heavy atom. The summed E-state index contributed by atoms with van der Waals surface area (Å²) in [6.45, 7) is 35.3. The predicted octanol–water partition coefficient (Wildman–Crippen LogP) is 10.9. The van der Waals surface area contributed by atoms with Gasteiger partial charge in [-0.05, 0) is 113 Å². The third kappa shape index (κ3) is 10.1. The second-order valence-electron chi connectivity index (χ2n) is 14.3. The topological polar surface area (TPSA) is 0 Å². The first-order valence-corrected chi connectivity index (χ1v) is 23.2. The molecule has 1 saturated carbocycles. The molecule has 0 aliphatic heterocycles. The van der Waals surface area contributed by atoms with Crippen molar-refractivity contribution in [1.29, 1.82) is 0 Å². The minimum absolute atomic E-state index is 0. The van der Waals surface area contributed by atoms with Crippen molar-refractivity contribution in [3.8, 4) is 0 Å². The van der Waals surface area contributed by atoms with Gasteiger partial charge in [-0.2, -0.15) is 11.1 Å². The molecule has 0 aromatic carbocycles. The fourth-order valence-corrected chi connectivity index (χ4v) is 15.6. The molecule has 1 atom stereocenters. The van der Waals surface area contributed by atoms with E-state index in [1.165, 1.54) is 71.1 Å². The van der Waals surface area contributed by atoms with E-state index in [0.29, 0.717) is 16.6 Å². The SMILES string of the molecule is C=CCC1=CC([Si](C)(C)C2C(C)=C(C)C(C)=C2C)C=C1.C=CCC1CCCC1.CC1=C(C)C([Si](C)(C)Cl)C(C)=C1C.[CH3-].[Li+]. The molecule has 0 aromatic rings. The summed E-state index contributed by atoms with van der Waals surface area (Å²) in [6, 6.07) is 0. The summed E-state index contributed by atoms with van der Waals surface area (Å²) in [5.74, 6) is 0.993. The number of allylic oxidation sites excluding steroid dienone is 14. The Bertz CT molecular complexity index is 1130. The maximum atomic E-state index is 6.53. The molecule has 0 nitrogen and oxygen atoms in total. The Kier molecular flexibility index (Phi) is 17.5. The molecule has 4 aliphatic rings. The van der Waals surface area contributed by atoms with Gasteiger partial charge in [0.05, 0.1) is 8.07 Å². The monoisotopic (exact) mass is 630 g/mol. The van der Waals surface area contributed by atoms with Crippen LogP contribution in [0.2, 0.25) is 42.8 Å². The van der Waals surface area contributed by atoms with E-state index in [1.807, 2.05) is 6.08 Å². The first-order valence-electron chi connectivity index (χ1n) is 16.0. The van der Waals surface area contributed by atoms with Crippen molar-refractivity contribution in [3.05, 3.63) is 101 Å². The van der Waals surface area contributed by atoms with Crippen molar-refractivity contribution >= 4 is 26.5 Å². The van der Waals surface area contributed by atoms with Crippen molar-refractivity contribution in [2.75, 3.05) is 0 Å². The molecule has 43 heavy (non-hydrogen) atoms. The maximum absolute atomic E-state index is 6.53. The van der Waals surface area contributed by atoms with Crippen molar-refractivity contribution in [2.24, 2.45) is 5.92 Å². The van der Waals surface area contributed by atoms with E-state index in [0.717, 1.165) is 12.3 Å². The van der Waals surface area contributed by atoms with Gasteiger partial charge in [-0.25, -0.2) is 0 Å². The van der Waals surface area contributed by atoms with Crippen molar-refractivity contribution in [1.82, 2.24) is 0 Å². The molecule has 0 heterocycles. The molecule has 0 aromatic heterocycles. The molecule has 4 rings (SSSR count). The van der Waals surface area contributed by atoms with E-state index in [2.05, 4.69) is 119 Å². The summed E-state index contributed by atoms with van der Waals surface area (Å²) in [6.07, 6.45) is 19.4. The van der Waals surface area contributed by atoms with Gasteiger partial charge in [0.1, 0.15) is 0 Å². The van der Waals surface area contributed by atoms with Crippen LogP contribution in [-0.4, -0.2) is 15.5 Å². The van der Waals surface area contributed by atoms with Gasteiger partial charge in [0.2, 0.25) is 0 Å². The first kappa shape index (κ1) is 42.2. The molecule has 0 radical (unpaired) electrons. The molecule has 0 N–H and O–H groups in total. The van der Waals surface area contributed by atoms with Crippen LogP contribution in [-0.2, 0) is 0 Å². The van der Waals surface area contributed by atoms with Crippen LogP contribution >= 0.6 is 11.1 Å². The first-order chi connectivity index (χ1) is 19.0. The van der Waals surface area contributed by atoms with Crippen LogP contribution in [0.4, 0.5) is 0 Å². The van der Waals surface area contributed by atoms with E-state index >= 15 is 0 Å². The van der Waals surface area contributed by atoms with Gasteiger partial charge < -0.3 is 7.43 Å². The van der Waals surface area contributed by atoms with Crippen LogP contribution in [0.25, 0.3) is 0 Å². The summed E-state index contributed by atoms with van der Waals surface area (Å²) < 4.78 is 0. The number of hydrogen-bond donors (Lipinski definition) is 0. The maximum Gasteiger partial charge on any atom is 1.00 e. The second-order valence-corrected chi connectivity index (χ2v) is 25.8. The van der Waals surface area contributed by atoms with Gasteiger partial charge in [0, 0.05) is 5.54 Å². The zero-order valence-electron chi connectivity index (χ0n) is 30.7. The quantitative estimate of drug-likeness (QED) is 0.114. The van der Waals surface area contributed by atoms with Crippen molar-refractivity contribution < 1.29 is 18.9 Å². The fraction of sp³-hybridized carbons (Fsp3) is 0.564. The molecule has 236 valence electrons. The molecule has 0 amide bonds. The van der Waals surface area contributed by atoms with Gasteiger partial charge in [0.15, 0.2) is 7.38 Å². The van der Waals surface area contributed by atoms with E-state index in [4.69, 9.17) is 11.1 Å². The zero-order chi connectivity index (χ0) is 31.3. The van der Waals surface area contributed by atoms with Gasteiger partial charge in [0.25, 0.3) is 0 Å². The summed E-state index contributed by atoms with van der Waals surface area (Å²) in [5, 5.41) is 0. The third-order valence-corrected chi connectivity index (χ3v) is 18.1. The molecule has 4 heteroatoms. The molecule has 1 unspecified atom stereocenters. The summed E-state index contributed by atoms with van der Waals surface area (Å²) in [5.41, 5.74) is 15.6. The van der Waals surface area contributed by atoms with Crippen LogP contribution in [0, 0.1) is 13.3 Å². The van der Waals surface area contributed by atoms with Crippen LogP contribution in [0.15, 0.2) is 93.7 Å². The smallest absolute Gasteiger partial charge is 0.358 e. The second kappa shape index (κ2) is 17.8. The zero-order valence-corrected chi connectivity index (χ0v) is 33.5. The third-order valence-electron chi connectivity index (χ3n) is 10.8. The Hall–Kier alpha value is -0.759. The van der Waals surface area contributed by atoms with Crippen molar-refractivity contribution in [3.63, 3.8) is 0 Å². The van der Waals surface area contributed by atoms with Crippen LogP contribution in [0.1, 0.15) is 93.9 Å². The summed E-state index contributed by atoms with van der Waals surface area (Å²) in [4.78, 5) is 0. The molecular weight excluding hydrogens is 567 g/mol. The molecule has 1 fully saturated rings.